The van der Waals surface area contributed by atoms with E-state index in [0.717, 1.165) is 12.8 Å². The largest absolute Gasteiger partial charge is 0.382 e. The third-order valence-electron chi connectivity index (χ3n) is 4.54. The number of nitriles is 1. The van der Waals surface area contributed by atoms with E-state index in [1.165, 1.54) is 4.52 Å². The molecule has 0 aromatic carbocycles. The first-order chi connectivity index (χ1) is 12.9. The zero-order chi connectivity index (χ0) is 19.6. The first-order valence-corrected chi connectivity index (χ1v) is 8.87. The molecule has 0 unspecified atom stereocenters. The van der Waals surface area contributed by atoms with E-state index in [9.17, 15) is 5.26 Å². The summed E-state index contributed by atoms with van der Waals surface area (Å²) in [6.07, 6.45) is 2.29. The van der Waals surface area contributed by atoms with Gasteiger partial charge in [0.1, 0.15) is 22.5 Å². The van der Waals surface area contributed by atoms with E-state index in [2.05, 4.69) is 42.3 Å². The Morgan fingerprint density at radius 3 is 2.89 bits per heavy atom. The van der Waals surface area contributed by atoms with Crippen LogP contribution in [-0.4, -0.2) is 32.8 Å². The number of aryl methyl sites for hydroxylation is 1. The molecular weight excluding hydrogens is 370 g/mol. The van der Waals surface area contributed by atoms with Crippen molar-refractivity contribution in [1.82, 2.24) is 25.4 Å². The molecule has 0 spiro atoms. The van der Waals surface area contributed by atoms with Gasteiger partial charge in [0, 0.05) is 17.0 Å². The van der Waals surface area contributed by atoms with Crippen LogP contribution in [0.15, 0.2) is 5.11 Å². The molecular formula is C15H20ClN11. The van der Waals surface area contributed by atoms with Gasteiger partial charge >= 0.3 is 0 Å². The normalized spacial score (nSPS) is 15.8. The molecule has 0 radical (unpaired) electrons. The van der Waals surface area contributed by atoms with Crippen LogP contribution < -0.4 is 21.9 Å². The Morgan fingerprint density at radius 1 is 1.56 bits per heavy atom. The number of nitrogen functional groups attached to an aromatic ring is 1. The van der Waals surface area contributed by atoms with Crippen LogP contribution in [0, 0.1) is 18.3 Å². The molecule has 27 heavy (non-hydrogen) atoms. The number of nitrogens with zero attached hydrogens (tertiary/aromatic N) is 7. The Labute approximate surface area is 160 Å². The minimum absolute atomic E-state index is 0.171. The van der Waals surface area contributed by atoms with Gasteiger partial charge in [-0.2, -0.15) is 14.9 Å². The molecule has 2 aromatic rings. The lowest BCUT2D eigenvalue weighted by atomic mass is 10.2. The minimum atomic E-state index is -0.238. The smallest absolute Gasteiger partial charge is 0.178 e. The molecule has 142 valence electrons. The van der Waals surface area contributed by atoms with Gasteiger partial charge in [-0.3, -0.25) is 0 Å². The summed E-state index contributed by atoms with van der Waals surface area (Å²) in [5.74, 6) is 0.496. The van der Waals surface area contributed by atoms with Crippen molar-refractivity contribution in [3.8, 4) is 6.07 Å². The van der Waals surface area contributed by atoms with Crippen molar-refractivity contribution in [3.05, 3.63) is 26.7 Å². The molecule has 1 aliphatic rings. The highest BCUT2D eigenvalue weighted by atomic mass is 35.5. The van der Waals surface area contributed by atoms with Crippen LogP contribution in [0.4, 0.5) is 11.6 Å². The summed E-state index contributed by atoms with van der Waals surface area (Å²) in [6, 6.07) is 2.07. The number of hydrogen-bond acceptors (Lipinski definition) is 8. The summed E-state index contributed by atoms with van der Waals surface area (Å²) in [5.41, 5.74) is 21.9. The van der Waals surface area contributed by atoms with Gasteiger partial charge in [-0.05, 0) is 31.7 Å². The van der Waals surface area contributed by atoms with E-state index in [-0.39, 0.29) is 23.1 Å². The number of nitrogens with one attached hydrogen (secondary N) is 3. The van der Waals surface area contributed by atoms with Crippen LogP contribution in [0.1, 0.15) is 37.4 Å². The summed E-state index contributed by atoms with van der Waals surface area (Å²) in [4.78, 5) is 7.25. The molecule has 1 fully saturated rings. The standard InChI is InChI=1S/C15H20ClN11/c1-3-10(23-25-15(4-5-15)7-20-26-19)21-13-9(6-17)12(18)27-14(22-13)11(16)8(2)24-27/h10,23,25H,3-5,7,18H2,1-2H3,(H,21,22)/t10-/m0/s1. The second-order valence-corrected chi connectivity index (χ2v) is 6.89. The van der Waals surface area contributed by atoms with Gasteiger partial charge in [0.25, 0.3) is 0 Å². The van der Waals surface area contributed by atoms with Crippen LogP contribution in [-0.2, 0) is 0 Å². The lowest BCUT2D eigenvalue weighted by molar-refractivity contribution is 0.372. The van der Waals surface area contributed by atoms with Crippen LogP contribution in [0.25, 0.3) is 16.1 Å². The molecule has 0 saturated heterocycles. The third-order valence-corrected chi connectivity index (χ3v) is 4.98. The number of halogens is 1. The molecule has 2 aromatic heterocycles. The van der Waals surface area contributed by atoms with E-state index in [1.807, 2.05) is 6.92 Å². The van der Waals surface area contributed by atoms with E-state index >= 15 is 0 Å². The molecule has 0 bridgehead atoms. The maximum atomic E-state index is 9.52. The number of anilines is 2. The molecule has 1 atom stereocenters. The number of rotatable bonds is 8. The fourth-order valence-corrected chi connectivity index (χ4v) is 2.81. The maximum absolute atomic E-state index is 9.52. The number of hydrazine groups is 1. The van der Waals surface area contributed by atoms with Gasteiger partial charge in [0.05, 0.1) is 11.9 Å². The van der Waals surface area contributed by atoms with Crippen molar-refractivity contribution in [2.45, 2.75) is 44.8 Å². The van der Waals surface area contributed by atoms with Crippen molar-refractivity contribution in [2.75, 3.05) is 17.6 Å². The van der Waals surface area contributed by atoms with Gasteiger partial charge in [0.15, 0.2) is 11.5 Å². The zero-order valence-electron chi connectivity index (χ0n) is 15.0. The minimum Gasteiger partial charge on any atom is -0.382 e. The number of aromatic nitrogens is 3. The Bertz CT molecular complexity index is 949. The molecule has 3 rings (SSSR count). The Balaban J connectivity index is 1.82. The SMILES string of the molecule is CC[C@H](NNC1(CN=[N+]=[N-])CC1)Nc1nc2c(Cl)c(C)nn2c(N)c1C#N. The number of hydrogen-bond donors (Lipinski definition) is 4. The monoisotopic (exact) mass is 389 g/mol. The summed E-state index contributed by atoms with van der Waals surface area (Å²) >= 11 is 6.25. The lowest BCUT2D eigenvalue weighted by Gasteiger charge is -2.24. The summed E-state index contributed by atoms with van der Waals surface area (Å²) < 4.78 is 1.37. The summed E-state index contributed by atoms with van der Waals surface area (Å²) in [6.45, 7) is 4.09. The van der Waals surface area contributed by atoms with E-state index in [4.69, 9.17) is 22.9 Å². The first-order valence-electron chi connectivity index (χ1n) is 8.49. The molecule has 1 saturated carbocycles. The maximum Gasteiger partial charge on any atom is 0.178 e. The van der Waals surface area contributed by atoms with Crippen molar-refractivity contribution in [2.24, 2.45) is 5.11 Å². The number of nitrogens with two attached hydrogens (primary N) is 1. The Kier molecular flexibility index (Phi) is 5.25. The topological polar surface area (TPSA) is 165 Å². The van der Waals surface area contributed by atoms with Gasteiger partial charge in [-0.25, -0.2) is 15.8 Å². The molecule has 1 aliphatic carbocycles. The lowest BCUT2D eigenvalue weighted by Crippen LogP contribution is -2.52. The van der Waals surface area contributed by atoms with Crippen LogP contribution in [0.2, 0.25) is 5.02 Å². The van der Waals surface area contributed by atoms with Gasteiger partial charge in [-0.15, -0.1) is 0 Å². The molecule has 11 nitrogen and oxygen atoms in total. The van der Waals surface area contributed by atoms with Gasteiger partial charge in [-0.1, -0.05) is 23.6 Å². The van der Waals surface area contributed by atoms with Crippen LogP contribution in [0.3, 0.4) is 0 Å². The summed E-state index contributed by atoms with van der Waals surface area (Å²) in [7, 11) is 0. The third kappa shape index (κ3) is 3.70. The van der Waals surface area contributed by atoms with Crippen molar-refractivity contribution in [1.29, 1.82) is 5.26 Å². The van der Waals surface area contributed by atoms with Crippen molar-refractivity contribution < 1.29 is 0 Å². The van der Waals surface area contributed by atoms with Crippen molar-refractivity contribution in [3.63, 3.8) is 0 Å². The molecule has 0 amide bonds. The number of azide groups is 1. The fraction of sp³-hybridized carbons (Fsp3) is 0.533. The predicted molar refractivity (Wildman–Crippen MR) is 102 cm³/mol. The molecule has 12 heteroatoms. The second kappa shape index (κ2) is 7.46. The highest BCUT2D eigenvalue weighted by Crippen LogP contribution is 2.35. The molecule has 0 aliphatic heterocycles. The second-order valence-electron chi connectivity index (χ2n) is 6.51. The average Bonchev–Trinajstić information content (AvgIpc) is 3.38. The highest BCUT2D eigenvalue weighted by Gasteiger charge is 2.42. The van der Waals surface area contributed by atoms with E-state index < -0.39 is 0 Å². The molecule has 2 heterocycles. The Hall–Kier alpha value is -2.77. The Morgan fingerprint density at radius 2 is 2.30 bits per heavy atom. The fourth-order valence-electron chi connectivity index (χ4n) is 2.65. The quantitative estimate of drug-likeness (QED) is 0.176. The highest BCUT2D eigenvalue weighted by molar-refractivity contribution is 6.34. The number of fused-ring (bicyclic) bond motifs is 1. The summed E-state index contributed by atoms with van der Waals surface area (Å²) in [5, 5.41) is 20.9. The molecule has 5 N–H and O–H groups in total. The van der Waals surface area contributed by atoms with Crippen LogP contribution >= 0.6 is 11.6 Å². The van der Waals surface area contributed by atoms with Gasteiger partial charge < -0.3 is 11.1 Å². The first kappa shape index (κ1) is 19.0. The van der Waals surface area contributed by atoms with E-state index in [0.29, 0.717) is 35.1 Å². The van der Waals surface area contributed by atoms with E-state index in [1.54, 1.807) is 6.92 Å². The van der Waals surface area contributed by atoms with Gasteiger partial charge in [0.2, 0.25) is 0 Å². The zero-order valence-corrected chi connectivity index (χ0v) is 15.7. The van der Waals surface area contributed by atoms with Crippen LogP contribution in [0.5, 0.6) is 0 Å². The van der Waals surface area contributed by atoms with Crippen molar-refractivity contribution >= 4 is 28.9 Å². The predicted octanol–water partition coefficient (Wildman–Crippen LogP) is 2.23. The average molecular weight is 390 g/mol.